The van der Waals surface area contributed by atoms with Crippen molar-refractivity contribution in [1.29, 1.82) is 0 Å². The summed E-state index contributed by atoms with van der Waals surface area (Å²) < 4.78 is 90.0. The molecule has 2 rings (SSSR count). The van der Waals surface area contributed by atoms with Crippen molar-refractivity contribution in [3.8, 4) is 23.0 Å². The minimum Gasteiger partial charge on any atom is -0.526 e. The van der Waals surface area contributed by atoms with Gasteiger partial charge in [0.1, 0.15) is 23.0 Å². The zero-order valence-electron chi connectivity index (χ0n) is 12.1. The summed E-state index contributed by atoms with van der Waals surface area (Å²) in [6.45, 7) is 0. The van der Waals surface area contributed by atoms with Crippen LogP contribution in [0.15, 0.2) is 48.5 Å². The first kappa shape index (κ1) is 18.6. The van der Waals surface area contributed by atoms with E-state index < -0.39 is 24.2 Å². The van der Waals surface area contributed by atoms with Crippen molar-refractivity contribution in [1.82, 2.24) is 0 Å². The molecular weight excluding hydrogens is 357 g/mol. The van der Waals surface area contributed by atoms with Crippen LogP contribution in [0.4, 0.5) is 26.3 Å². The highest BCUT2D eigenvalue weighted by atomic mass is 19.4. The summed E-state index contributed by atoms with van der Waals surface area (Å²) in [6, 6.07) is 9.20. The van der Waals surface area contributed by atoms with E-state index in [4.69, 9.17) is 9.31 Å². The molecule has 0 saturated heterocycles. The number of halogens is 6. The van der Waals surface area contributed by atoms with Gasteiger partial charge in [0.25, 0.3) is 0 Å². The lowest BCUT2D eigenvalue weighted by Crippen LogP contribution is -2.17. The van der Waals surface area contributed by atoms with E-state index in [1.807, 2.05) is 0 Å². The van der Waals surface area contributed by atoms with Gasteiger partial charge in [-0.05, 0) is 24.3 Å². The predicted molar refractivity (Wildman–Crippen MR) is 73.3 cm³/mol. The molecule has 4 nitrogen and oxygen atoms in total. The van der Waals surface area contributed by atoms with Gasteiger partial charge in [-0.15, -0.1) is 26.3 Å². The van der Waals surface area contributed by atoms with Gasteiger partial charge in [0.2, 0.25) is 0 Å². The molecule has 25 heavy (non-hydrogen) atoms. The molecule has 0 fully saturated rings. The number of benzene rings is 2. The van der Waals surface area contributed by atoms with E-state index in [-0.39, 0.29) is 11.5 Å². The molecule has 0 aliphatic rings. The quantitative estimate of drug-likeness (QED) is 0.559. The molecule has 0 bridgehead atoms. The minimum absolute atomic E-state index is 0.0375. The van der Waals surface area contributed by atoms with Crippen molar-refractivity contribution < 1.29 is 45.1 Å². The summed E-state index contributed by atoms with van der Waals surface area (Å²) in [5.41, 5.74) is 0. The van der Waals surface area contributed by atoms with E-state index in [1.165, 1.54) is 24.3 Å². The van der Waals surface area contributed by atoms with Gasteiger partial charge in [-0.1, -0.05) is 12.1 Å². The number of rotatable bonds is 6. The first-order valence-corrected chi connectivity index (χ1v) is 6.47. The molecule has 0 aliphatic heterocycles. The van der Waals surface area contributed by atoms with Crippen molar-refractivity contribution in [2.75, 3.05) is 0 Å². The van der Waals surface area contributed by atoms with Crippen LogP contribution in [0.2, 0.25) is 0 Å². The van der Waals surface area contributed by atoms with E-state index in [0.29, 0.717) is 0 Å². The Morgan fingerprint density at radius 1 is 0.600 bits per heavy atom. The lowest BCUT2D eigenvalue weighted by molar-refractivity contribution is -0.275. The van der Waals surface area contributed by atoms with Crippen LogP contribution in [0.3, 0.4) is 0 Å². The fourth-order valence-corrected chi connectivity index (χ4v) is 1.62. The maximum Gasteiger partial charge on any atom is 0.658 e. The minimum atomic E-state index is -4.85. The lowest BCUT2D eigenvalue weighted by atomic mass is 10.2. The molecule has 0 amide bonds. The Kier molecular flexibility index (Phi) is 5.55. The van der Waals surface area contributed by atoms with Crippen LogP contribution in [0.25, 0.3) is 0 Å². The first-order chi connectivity index (χ1) is 11.6. The first-order valence-electron chi connectivity index (χ1n) is 6.47. The standard InChI is InChI=1S/C14H8BF6O4/c16-13(17,18)22-9-3-1-5-11(7-9)24-15-25-12-6-2-4-10(8-12)23-14(19,20)21/h1-8H. The molecular formula is C14H8BF6O4. The number of hydrogen-bond donors (Lipinski definition) is 0. The fourth-order valence-electron chi connectivity index (χ4n) is 1.62. The van der Waals surface area contributed by atoms with Gasteiger partial charge in [0, 0.05) is 12.1 Å². The largest absolute Gasteiger partial charge is 0.658 e. The zero-order valence-corrected chi connectivity index (χ0v) is 12.1. The Morgan fingerprint density at radius 3 is 1.32 bits per heavy atom. The highest BCUT2D eigenvalue weighted by Crippen LogP contribution is 2.27. The van der Waals surface area contributed by atoms with Crippen LogP contribution < -0.4 is 18.8 Å². The maximum absolute atomic E-state index is 12.1. The van der Waals surface area contributed by atoms with Crippen LogP contribution in [-0.4, -0.2) is 20.4 Å². The lowest BCUT2D eigenvalue weighted by Gasteiger charge is -2.12. The Labute approximate surface area is 138 Å². The van der Waals surface area contributed by atoms with E-state index in [9.17, 15) is 26.3 Å². The Balaban J connectivity index is 1.91. The van der Waals surface area contributed by atoms with Gasteiger partial charge in [-0.3, -0.25) is 0 Å². The molecule has 0 atom stereocenters. The second-order valence-corrected chi connectivity index (χ2v) is 4.38. The normalized spacial score (nSPS) is 11.6. The van der Waals surface area contributed by atoms with Gasteiger partial charge in [-0.25, -0.2) is 0 Å². The van der Waals surface area contributed by atoms with Gasteiger partial charge < -0.3 is 18.8 Å². The Morgan fingerprint density at radius 2 is 0.960 bits per heavy atom. The summed E-state index contributed by atoms with van der Waals surface area (Å²) in [5, 5.41) is 0. The van der Waals surface area contributed by atoms with Gasteiger partial charge in [0.15, 0.2) is 0 Å². The van der Waals surface area contributed by atoms with Crippen molar-refractivity contribution in [2.45, 2.75) is 12.7 Å². The van der Waals surface area contributed by atoms with Crippen molar-refractivity contribution in [3.63, 3.8) is 0 Å². The molecule has 11 heteroatoms. The molecule has 0 aromatic heterocycles. The van der Waals surface area contributed by atoms with E-state index in [1.54, 1.807) is 0 Å². The number of alkyl halides is 6. The van der Waals surface area contributed by atoms with Crippen LogP contribution in [-0.2, 0) is 0 Å². The molecule has 0 N–H and O–H groups in total. The van der Waals surface area contributed by atoms with Crippen molar-refractivity contribution in [2.24, 2.45) is 0 Å². The monoisotopic (exact) mass is 365 g/mol. The summed E-state index contributed by atoms with van der Waals surface area (Å²) in [6.07, 6.45) is -9.70. The summed E-state index contributed by atoms with van der Waals surface area (Å²) in [4.78, 5) is 0. The van der Waals surface area contributed by atoms with E-state index in [2.05, 4.69) is 9.47 Å². The topological polar surface area (TPSA) is 36.9 Å². The van der Waals surface area contributed by atoms with Crippen LogP contribution in [0, 0.1) is 0 Å². The average molecular weight is 365 g/mol. The molecule has 0 spiro atoms. The second-order valence-electron chi connectivity index (χ2n) is 4.38. The second kappa shape index (κ2) is 7.45. The van der Waals surface area contributed by atoms with Crippen molar-refractivity contribution >= 4 is 7.69 Å². The summed E-state index contributed by atoms with van der Waals surface area (Å²) in [7, 11) is 0.736. The third-order valence-corrected chi connectivity index (χ3v) is 2.45. The summed E-state index contributed by atoms with van der Waals surface area (Å²) >= 11 is 0. The molecule has 1 radical (unpaired) electrons. The third-order valence-electron chi connectivity index (χ3n) is 2.45. The molecule has 0 aliphatic carbocycles. The average Bonchev–Trinajstić information content (AvgIpc) is 2.44. The zero-order chi connectivity index (χ0) is 18.5. The maximum atomic E-state index is 12.1. The van der Waals surface area contributed by atoms with Crippen LogP contribution in [0.5, 0.6) is 23.0 Å². The smallest absolute Gasteiger partial charge is 0.526 e. The van der Waals surface area contributed by atoms with E-state index >= 15 is 0 Å². The Hall–Kier alpha value is -2.72. The molecule has 133 valence electrons. The van der Waals surface area contributed by atoms with Gasteiger partial charge in [-0.2, -0.15) is 0 Å². The SMILES string of the molecule is FC(F)(F)Oc1cccc(O[B]Oc2cccc(OC(F)(F)F)c2)c1. The fraction of sp³-hybridized carbons (Fsp3) is 0.143. The molecule has 2 aromatic carbocycles. The van der Waals surface area contributed by atoms with Gasteiger partial charge in [0.05, 0.1) is 0 Å². The Bertz CT molecular complexity index is 645. The predicted octanol–water partition coefficient (Wildman–Crippen LogP) is 4.48. The number of ether oxygens (including phenoxy) is 2. The highest BCUT2D eigenvalue weighted by molar-refractivity contribution is 6.20. The van der Waals surface area contributed by atoms with Crippen LogP contribution in [0.1, 0.15) is 0 Å². The molecule has 0 heterocycles. The molecule has 0 saturated carbocycles. The summed E-state index contributed by atoms with van der Waals surface area (Å²) in [5.74, 6) is -1.08. The van der Waals surface area contributed by atoms with Crippen LogP contribution >= 0.6 is 0 Å². The molecule has 0 unspecified atom stereocenters. The van der Waals surface area contributed by atoms with E-state index in [0.717, 1.165) is 32.0 Å². The third kappa shape index (κ3) is 7.15. The molecule has 2 aromatic rings. The van der Waals surface area contributed by atoms with Crippen molar-refractivity contribution in [3.05, 3.63) is 48.5 Å². The highest BCUT2D eigenvalue weighted by Gasteiger charge is 2.31. The van der Waals surface area contributed by atoms with Gasteiger partial charge >= 0.3 is 20.4 Å². The number of hydrogen-bond acceptors (Lipinski definition) is 4.